The molecule has 1 fully saturated rings. The lowest BCUT2D eigenvalue weighted by molar-refractivity contribution is 0.265. The van der Waals surface area contributed by atoms with Gasteiger partial charge in [0.2, 0.25) is 10.0 Å². The number of sulfonamides is 1. The molecule has 1 aliphatic heterocycles. The first kappa shape index (κ1) is 18.0. The lowest BCUT2D eigenvalue weighted by Crippen LogP contribution is -2.39. The summed E-state index contributed by atoms with van der Waals surface area (Å²) in [6.45, 7) is 4.15. The fraction of sp³-hybridized carbons (Fsp3) is 0.588. The Labute approximate surface area is 149 Å². The monoisotopic (exact) mass is 363 g/mol. The molecule has 3 rings (SSSR count). The van der Waals surface area contributed by atoms with Crippen LogP contribution < -0.4 is 0 Å². The molecule has 2 aromatic rings. The average Bonchev–Trinajstić information content (AvgIpc) is 3.03. The molecule has 3 heterocycles. The molecular formula is C17H25N5O2S. The highest BCUT2D eigenvalue weighted by molar-refractivity contribution is 7.88. The van der Waals surface area contributed by atoms with Gasteiger partial charge < -0.3 is 0 Å². The van der Waals surface area contributed by atoms with Gasteiger partial charge in [-0.15, -0.1) is 0 Å². The summed E-state index contributed by atoms with van der Waals surface area (Å²) in [5.41, 5.74) is 2.69. The van der Waals surface area contributed by atoms with E-state index in [0.29, 0.717) is 13.1 Å². The molecule has 7 nitrogen and oxygen atoms in total. The van der Waals surface area contributed by atoms with E-state index in [1.54, 1.807) is 22.9 Å². The maximum Gasteiger partial charge on any atom is 0.211 e. The summed E-state index contributed by atoms with van der Waals surface area (Å²) in [7, 11) is -3.12. The van der Waals surface area contributed by atoms with E-state index in [1.807, 2.05) is 10.7 Å². The SMILES string of the molecule is CCCn1nccc1-c1cncc(C[C@H]2CCCN(S(C)(=O)=O)C2)n1. The predicted molar refractivity (Wildman–Crippen MR) is 96.4 cm³/mol. The van der Waals surface area contributed by atoms with Gasteiger partial charge in [-0.1, -0.05) is 6.92 Å². The fourth-order valence-corrected chi connectivity index (χ4v) is 4.30. The molecule has 0 radical (unpaired) electrons. The lowest BCUT2D eigenvalue weighted by atomic mass is 9.95. The minimum absolute atomic E-state index is 0.286. The summed E-state index contributed by atoms with van der Waals surface area (Å²) >= 11 is 0. The molecule has 8 heteroatoms. The second-order valence-corrected chi connectivity index (χ2v) is 8.65. The van der Waals surface area contributed by atoms with Crippen molar-refractivity contribution in [1.82, 2.24) is 24.1 Å². The second kappa shape index (κ2) is 7.61. The standard InChI is InChI=1S/C17H25N5O2S/c1-3-8-22-17(6-7-19-22)16-12-18-11-15(20-16)10-14-5-4-9-21(13-14)25(2,23)24/h6-7,11-12,14H,3-5,8-10,13H2,1-2H3/t14-/m1/s1. The molecule has 0 unspecified atom stereocenters. The van der Waals surface area contributed by atoms with Crippen molar-refractivity contribution in [2.75, 3.05) is 19.3 Å². The highest BCUT2D eigenvalue weighted by atomic mass is 32.2. The van der Waals surface area contributed by atoms with Crippen LogP contribution in [0.1, 0.15) is 31.9 Å². The Hall–Kier alpha value is -1.80. The van der Waals surface area contributed by atoms with Gasteiger partial charge in [-0.2, -0.15) is 5.10 Å². The molecule has 0 aliphatic carbocycles. The Morgan fingerprint density at radius 2 is 2.16 bits per heavy atom. The number of piperidine rings is 1. The third kappa shape index (κ3) is 4.43. The third-order valence-electron chi connectivity index (χ3n) is 4.55. The molecule has 0 amide bonds. The molecule has 1 atom stereocenters. The van der Waals surface area contributed by atoms with Gasteiger partial charge in [-0.3, -0.25) is 9.67 Å². The van der Waals surface area contributed by atoms with Gasteiger partial charge in [0.25, 0.3) is 0 Å². The number of aromatic nitrogens is 4. The van der Waals surface area contributed by atoms with Crippen molar-refractivity contribution in [2.24, 2.45) is 5.92 Å². The van der Waals surface area contributed by atoms with E-state index in [9.17, 15) is 8.42 Å². The maximum absolute atomic E-state index is 11.8. The Morgan fingerprint density at radius 3 is 2.92 bits per heavy atom. The Kier molecular flexibility index (Phi) is 5.48. The van der Waals surface area contributed by atoms with Crippen molar-refractivity contribution in [3.05, 3.63) is 30.4 Å². The van der Waals surface area contributed by atoms with Crippen LogP contribution in [0.5, 0.6) is 0 Å². The van der Waals surface area contributed by atoms with Crippen LogP contribution in [0.3, 0.4) is 0 Å². The highest BCUT2D eigenvalue weighted by Gasteiger charge is 2.26. The van der Waals surface area contributed by atoms with Crippen LogP contribution in [-0.4, -0.2) is 51.8 Å². The van der Waals surface area contributed by atoms with E-state index in [4.69, 9.17) is 4.98 Å². The summed E-state index contributed by atoms with van der Waals surface area (Å²) in [5.74, 6) is 0.286. The van der Waals surface area contributed by atoms with Gasteiger partial charge in [-0.25, -0.2) is 17.7 Å². The number of hydrogen-bond donors (Lipinski definition) is 0. The molecule has 0 N–H and O–H groups in total. The molecule has 0 bridgehead atoms. The largest absolute Gasteiger partial charge is 0.263 e. The Balaban J connectivity index is 1.75. The van der Waals surface area contributed by atoms with E-state index in [0.717, 1.165) is 49.3 Å². The summed E-state index contributed by atoms with van der Waals surface area (Å²) in [6.07, 6.45) is 10.3. The first-order valence-electron chi connectivity index (χ1n) is 8.75. The van der Waals surface area contributed by atoms with Crippen molar-refractivity contribution in [2.45, 2.75) is 39.2 Å². The zero-order valence-corrected chi connectivity index (χ0v) is 15.6. The van der Waals surface area contributed by atoms with Gasteiger partial charge in [0, 0.05) is 32.0 Å². The van der Waals surface area contributed by atoms with Gasteiger partial charge in [0.05, 0.1) is 23.8 Å². The van der Waals surface area contributed by atoms with E-state index in [2.05, 4.69) is 17.0 Å². The smallest absolute Gasteiger partial charge is 0.211 e. The molecule has 1 saturated heterocycles. The van der Waals surface area contributed by atoms with Crippen LogP contribution in [0.4, 0.5) is 0 Å². The van der Waals surface area contributed by atoms with Crippen molar-refractivity contribution in [3.8, 4) is 11.4 Å². The zero-order chi connectivity index (χ0) is 17.9. The Morgan fingerprint density at radius 1 is 1.32 bits per heavy atom. The van der Waals surface area contributed by atoms with Crippen molar-refractivity contribution >= 4 is 10.0 Å². The fourth-order valence-electron chi connectivity index (χ4n) is 3.36. The summed E-state index contributed by atoms with van der Waals surface area (Å²) in [4.78, 5) is 9.09. The van der Waals surface area contributed by atoms with Gasteiger partial charge in [0.1, 0.15) is 5.69 Å². The van der Waals surface area contributed by atoms with Crippen LogP contribution >= 0.6 is 0 Å². The lowest BCUT2D eigenvalue weighted by Gasteiger charge is -2.30. The minimum atomic E-state index is -3.12. The molecule has 25 heavy (non-hydrogen) atoms. The third-order valence-corrected chi connectivity index (χ3v) is 5.82. The number of hydrogen-bond acceptors (Lipinski definition) is 5. The molecular weight excluding hydrogens is 338 g/mol. The predicted octanol–water partition coefficient (Wildman–Crippen LogP) is 1.96. The topological polar surface area (TPSA) is 81.0 Å². The van der Waals surface area contributed by atoms with E-state index in [-0.39, 0.29) is 5.92 Å². The van der Waals surface area contributed by atoms with Crippen molar-refractivity contribution in [1.29, 1.82) is 0 Å². The van der Waals surface area contributed by atoms with Gasteiger partial charge in [-0.05, 0) is 37.7 Å². The number of nitrogens with zero attached hydrogens (tertiary/aromatic N) is 5. The zero-order valence-electron chi connectivity index (χ0n) is 14.8. The van der Waals surface area contributed by atoms with Crippen molar-refractivity contribution in [3.63, 3.8) is 0 Å². The van der Waals surface area contributed by atoms with E-state index < -0.39 is 10.0 Å². The normalized spacial score (nSPS) is 19.2. The second-order valence-electron chi connectivity index (χ2n) is 6.67. The average molecular weight is 363 g/mol. The summed E-state index contributed by atoms with van der Waals surface area (Å²) < 4.78 is 27.1. The highest BCUT2D eigenvalue weighted by Crippen LogP contribution is 2.23. The van der Waals surface area contributed by atoms with Gasteiger partial charge in [0.15, 0.2) is 0 Å². The van der Waals surface area contributed by atoms with E-state index in [1.165, 1.54) is 6.26 Å². The van der Waals surface area contributed by atoms with Crippen molar-refractivity contribution < 1.29 is 8.42 Å². The first-order valence-corrected chi connectivity index (χ1v) is 10.6. The quantitative estimate of drug-likeness (QED) is 0.784. The molecule has 0 saturated carbocycles. The molecule has 0 aromatic carbocycles. The summed E-state index contributed by atoms with van der Waals surface area (Å²) in [6, 6.07) is 1.95. The van der Waals surface area contributed by atoms with Crippen LogP contribution in [0, 0.1) is 5.92 Å². The van der Waals surface area contributed by atoms with Crippen LogP contribution in [0.25, 0.3) is 11.4 Å². The Bertz CT molecular complexity index is 818. The maximum atomic E-state index is 11.8. The minimum Gasteiger partial charge on any atom is -0.263 e. The molecule has 136 valence electrons. The van der Waals surface area contributed by atoms with Crippen LogP contribution in [-0.2, 0) is 23.0 Å². The molecule has 1 aliphatic rings. The number of aryl methyl sites for hydroxylation is 1. The number of rotatable bonds is 6. The first-order chi connectivity index (χ1) is 12.0. The molecule has 2 aromatic heterocycles. The molecule has 0 spiro atoms. The van der Waals surface area contributed by atoms with Crippen LogP contribution in [0.15, 0.2) is 24.7 Å². The van der Waals surface area contributed by atoms with Crippen LogP contribution in [0.2, 0.25) is 0 Å². The van der Waals surface area contributed by atoms with E-state index >= 15 is 0 Å². The van der Waals surface area contributed by atoms with Gasteiger partial charge >= 0.3 is 0 Å². The summed E-state index contributed by atoms with van der Waals surface area (Å²) in [5, 5.41) is 4.34.